The zero-order chi connectivity index (χ0) is 12.8. The van der Waals surface area contributed by atoms with Gasteiger partial charge in [0, 0.05) is 16.7 Å². The van der Waals surface area contributed by atoms with E-state index in [9.17, 15) is 9.59 Å². The molecule has 0 aliphatic rings. The first-order valence-corrected chi connectivity index (χ1v) is 5.91. The van der Waals surface area contributed by atoms with Crippen molar-refractivity contribution in [3.05, 3.63) is 28.2 Å². The Labute approximate surface area is 107 Å². The summed E-state index contributed by atoms with van der Waals surface area (Å²) in [5.74, 6) is -1.05. The van der Waals surface area contributed by atoms with Crippen LogP contribution >= 0.6 is 15.9 Å². The Balaban J connectivity index is 2.75. The Morgan fingerprint density at radius 1 is 1.41 bits per heavy atom. The minimum absolute atomic E-state index is 0.110. The van der Waals surface area contributed by atoms with Crippen LogP contribution in [0.15, 0.2) is 22.7 Å². The molecule has 0 atom stereocenters. The second-order valence-electron chi connectivity index (χ2n) is 3.38. The lowest BCUT2D eigenvalue weighted by atomic mass is 10.2. The molecule has 17 heavy (non-hydrogen) atoms. The summed E-state index contributed by atoms with van der Waals surface area (Å²) in [6.45, 7) is 2.52. The normalized spacial score (nSPS) is 9.76. The van der Waals surface area contributed by atoms with E-state index >= 15 is 0 Å². The van der Waals surface area contributed by atoms with Gasteiger partial charge in [-0.05, 0) is 40.5 Å². The van der Waals surface area contributed by atoms with E-state index < -0.39 is 5.97 Å². The van der Waals surface area contributed by atoms with Crippen LogP contribution < -0.4 is 10.6 Å². The summed E-state index contributed by atoms with van der Waals surface area (Å²) in [7, 11) is 0. The predicted octanol–water partition coefficient (Wildman–Crippen LogP) is 2.68. The molecule has 6 heteroatoms. The molecule has 92 valence electrons. The number of hydrogen-bond donors (Lipinski definition) is 3. The highest BCUT2D eigenvalue weighted by atomic mass is 79.9. The van der Waals surface area contributed by atoms with Crippen LogP contribution in [0.1, 0.15) is 23.7 Å². The summed E-state index contributed by atoms with van der Waals surface area (Å²) in [4.78, 5) is 22.2. The van der Waals surface area contributed by atoms with Crippen molar-refractivity contribution in [3.63, 3.8) is 0 Å². The molecule has 1 rings (SSSR count). The van der Waals surface area contributed by atoms with Crippen molar-refractivity contribution >= 4 is 33.6 Å². The number of amides is 2. The van der Waals surface area contributed by atoms with Gasteiger partial charge in [-0.2, -0.15) is 0 Å². The van der Waals surface area contributed by atoms with Crippen LogP contribution in [0.3, 0.4) is 0 Å². The van der Waals surface area contributed by atoms with Crippen molar-refractivity contribution in [3.8, 4) is 0 Å². The lowest BCUT2D eigenvalue weighted by molar-refractivity contribution is 0.0696. The van der Waals surface area contributed by atoms with Gasteiger partial charge in [0.15, 0.2) is 0 Å². The Bertz CT molecular complexity index is 435. The zero-order valence-corrected chi connectivity index (χ0v) is 10.9. The summed E-state index contributed by atoms with van der Waals surface area (Å²) in [5, 5.41) is 14.1. The molecule has 0 unspecified atom stereocenters. The molecule has 0 spiro atoms. The topological polar surface area (TPSA) is 78.4 Å². The van der Waals surface area contributed by atoms with Crippen molar-refractivity contribution in [2.45, 2.75) is 13.3 Å². The van der Waals surface area contributed by atoms with Crippen LogP contribution in [-0.2, 0) is 0 Å². The third-order valence-corrected chi connectivity index (χ3v) is 2.68. The molecule has 0 radical (unpaired) electrons. The third kappa shape index (κ3) is 4.07. The van der Waals surface area contributed by atoms with Gasteiger partial charge >= 0.3 is 12.0 Å². The number of urea groups is 1. The van der Waals surface area contributed by atoms with Gasteiger partial charge in [-0.25, -0.2) is 9.59 Å². The number of carbonyl (C=O) groups is 2. The molecular weight excluding hydrogens is 288 g/mol. The number of hydrogen-bond acceptors (Lipinski definition) is 2. The maximum atomic E-state index is 11.4. The Morgan fingerprint density at radius 2 is 2.12 bits per heavy atom. The fraction of sp³-hybridized carbons (Fsp3) is 0.273. The van der Waals surface area contributed by atoms with Gasteiger partial charge in [-0.15, -0.1) is 0 Å². The molecule has 3 N–H and O–H groups in total. The van der Waals surface area contributed by atoms with E-state index in [-0.39, 0.29) is 11.6 Å². The first-order valence-electron chi connectivity index (χ1n) is 5.12. The van der Waals surface area contributed by atoms with Crippen LogP contribution in [0.5, 0.6) is 0 Å². The molecule has 0 aliphatic carbocycles. The van der Waals surface area contributed by atoms with Crippen LogP contribution in [-0.4, -0.2) is 23.7 Å². The molecule has 0 saturated heterocycles. The molecule has 5 nitrogen and oxygen atoms in total. The van der Waals surface area contributed by atoms with Crippen LogP contribution in [0, 0.1) is 0 Å². The van der Waals surface area contributed by atoms with E-state index in [2.05, 4.69) is 26.6 Å². The summed E-state index contributed by atoms with van der Waals surface area (Å²) >= 11 is 3.13. The lowest BCUT2D eigenvalue weighted by Gasteiger charge is -2.08. The Hall–Kier alpha value is -1.56. The monoisotopic (exact) mass is 300 g/mol. The number of carboxylic acids is 1. The van der Waals surface area contributed by atoms with Crippen molar-refractivity contribution in [2.24, 2.45) is 0 Å². The van der Waals surface area contributed by atoms with E-state index in [1.165, 1.54) is 6.07 Å². The third-order valence-electron chi connectivity index (χ3n) is 1.99. The Kier molecular flexibility index (Phi) is 4.96. The van der Waals surface area contributed by atoms with Gasteiger partial charge in [0.1, 0.15) is 0 Å². The zero-order valence-electron chi connectivity index (χ0n) is 9.29. The number of halogens is 1. The fourth-order valence-electron chi connectivity index (χ4n) is 1.18. The first kappa shape index (κ1) is 13.5. The Morgan fingerprint density at radius 3 is 2.71 bits per heavy atom. The van der Waals surface area contributed by atoms with Gasteiger partial charge in [-0.3, -0.25) is 0 Å². The molecule has 0 aliphatic heterocycles. The van der Waals surface area contributed by atoms with Gasteiger partial charge in [0.05, 0.1) is 5.56 Å². The largest absolute Gasteiger partial charge is 0.478 e. The highest BCUT2D eigenvalue weighted by Gasteiger charge is 2.10. The highest BCUT2D eigenvalue weighted by molar-refractivity contribution is 9.10. The average Bonchev–Trinajstić information content (AvgIpc) is 2.28. The summed E-state index contributed by atoms with van der Waals surface area (Å²) in [5.41, 5.74) is 0.553. The highest BCUT2D eigenvalue weighted by Crippen LogP contribution is 2.21. The molecule has 0 saturated carbocycles. The van der Waals surface area contributed by atoms with E-state index in [1.807, 2.05) is 6.92 Å². The minimum atomic E-state index is -1.05. The lowest BCUT2D eigenvalue weighted by Crippen LogP contribution is -2.29. The van der Waals surface area contributed by atoms with Crippen molar-refractivity contribution in [1.29, 1.82) is 0 Å². The maximum absolute atomic E-state index is 11.4. The molecule has 2 amide bonds. The first-order chi connectivity index (χ1) is 8.04. The maximum Gasteiger partial charge on any atom is 0.336 e. The second-order valence-corrected chi connectivity index (χ2v) is 4.24. The number of carbonyl (C=O) groups excluding carboxylic acids is 1. The van der Waals surface area contributed by atoms with Crippen LogP contribution in [0.2, 0.25) is 0 Å². The second kappa shape index (κ2) is 6.24. The van der Waals surface area contributed by atoms with Gasteiger partial charge in [0.2, 0.25) is 0 Å². The molecule has 0 aromatic heterocycles. The van der Waals surface area contributed by atoms with Crippen LogP contribution in [0.25, 0.3) is 0 Å². The van der Waals surface area contributed by atoms with Crippen molar-refractivity contribution < 1.29 is 14.7 Å². The molecule has 0 fully saturated rings. The summed E-state index contributed by atoms with van der Waals surface area (Å²) in [6.07, 6.45) is 0.841. The van der Waals surface area contributed by atoms with Gasteiger partial charge in [-0.1, -0.05) is 6.92 Å². The van der Waals surface area contributed by atoms with Crippen LogP contribution in [0.4, 0.5) is 10.5 Å². The number of aromatic carboxylic acids is 1. The number of carboxylic acid groups (broad SMARTS) is 1. The molecular formula is C11H13BrN2O3. The molecule has 0 heterocycles. The van der Waals surface area contributed by atoms with E-state index in [1.54, 1.807) is 12.1 Å². The summed E-state index contributed by atoms with van der Waals surface area (Å²) < 4.78 is 0.476. The smallest absolute Gasteiger partial charge is 0.336 e. The quantitative estimate of drug-likeness (QED) is 0.800. The number of benzene rings is 1. The number of anilines is 1. The standard InChI is InChI=1S/C11H13BrN2O3/c1-2-5-13-11(17)14-7-3-4-9(12)8(6-7)10(15)16/h3-4,6H,2,5H2,1H3,(H,15,16)(H2,13,14,17). The number of nitrogens with one attached hydrogen (secondary N) is 2. The van der Waals surface area contributed by atoms with Crippen molar-refractivity contribution in [2.75, 3.05) is 11.9 Å². The van der Waals surface area contributed by atoms with E-state index in [4.69, 9.17) is 5.11 Å². The van der Waals surface area contributed by atoms with Gasteiger partial charge in [0.25, 0.3) is 0 Å². The average molecular weight is 301 g/mol. The van der Waals surface area contributed by atoms with Crippen molar-refractivity contribution in [1.82, 2.24) is 5.32 Å². The molecule has 0 bridgehead atoms. The minimum Gasteiger partial charge on any atom is -0.478 e. The van der Waals surface area contributed by atoms with E-state index in [0.29, 0.717) is 16.7 Å². The molecule has 1 aromatic rings. The molecule has 1 aromatic carbocycles. The van der Waals surface area contributed by atoms with Gasteiger partial charge < -0.3 is 15.7 Å². The van der Waals surface area contributed by atoms with E-state index in [0.717, 1.165) is 6.42 Å². The SMILES string of the molecule is CCCNC(=O)Nc1ccc(Br)c(C(=O)O)c1. The fourth-order valence-corrected chi connectivity index (χ4v) is 1.60. The summed E-state index contributed by atoms with van der Waals surface area (Å²) in [6, 6.07) is 4.27. The number of rotatable bonds is 4. The predicted molar refractivity (Wildman–Crippen MR) is 68.4 cm³/mol.